The van der Waals surface area contributed by atoms with Crippen molar-refractivity contribution in [2.24, 2.45) is 5.73 Å². The van der Waals surface area contributed by atoms with Crippen LogP contribution in [0.5, 0.6) is 5.75 Å². The number of hydrogen-bond donors (Lipinski definition) is 1. The summed E-state index contributed by atoms with van der Waals surface area (Å²) in [5.74, 6) is 1.03. The van der Waals surface area contributed by atoms with Crippen molar-refractivity contribution in [1.29, 1.82) is 0 Å². The Morgan fingerprint density at radius 2 is 2.33 bits per heavy atom. The highest BCUT2D eigenvalue weighted by Crippen LogP contribution is 2.31. The Hall–Kier alpha value is -1.39. The number of aryl methyl sites for hydroxylation is 1. The van der Waals surface area contributed by atoms with Gasteiger partial charge in [0.2, 0.25) is 0 Å². The molecule has 1 aromatic carbocycles. The second-order valence-corrected chi connectivity index (χ2v) is 5.38. The first-order valence-electron chi connectivity index (χ1n) is 6.27. The standard InChI is InChI=1S/C14H16N2OS/c15-6-1-2-14-16-12(9-18-14)10-3-4-13-11(8-10)5-7-17-13/h3-4,8-9H,1-2,5-7,15H2. The number of nitrogens with zero attached hydrogens (tertiary/aromatic N) is 1. The molecule has 4 heteroatoms. The number of benzene rings is 1. The van der Waals surface area contributed by atoms with Crippen LogP contribution in [0.4, 0.5) is 0 Å². The number of thiazole rings is 1. The Morgan fingerprint density at radius 3 is 3.22 bits per heavy atom. The van der Waals surface area contributed by atoms with Gasteiger partial charge in [-0.3, -0.25) is 0 Å². The summed E-state index contributed by atoms with van der Waals surface area (Å²) in [7, 11) is 0. The van der Waals surface area contributed by atoms with E-state index in [0.29, 0.717) is 0 Å². The van der Waals surface area contributed by atoms with Gasteiger partial charge in [0.15, 0.2) is 0 Å². The van der Waals surface area contributed by atoms with Crippen LogP contribution in [-0.4, -0.2) is 18.1 Å². The van der Waals surface area contributed by atoms with E-state index >= 15 is 0 Å². The highest BCUT2D eigenvalue weighted by Gasteiger charge is 2.13. The van der Waals surface area contributed by atoms with Crippen LogP contribution in [0, 0.1) is 0 Å². The van der Waals surface area contributed by atoms with Gasteiger partial charge in [0.25, 0.3) is 0 Å². The second kappa shape index (κ2) is 5.08. The first-order chi connectivity index (χ1) is 8.86. The first-order valence-corrected chi connectivity index (χ1v) is 7.15. The molecule has 0 amide bonds. The molecule has 0 atom stereocenters. The average Bonchev–Trinajstić information content (AvgIpc) is 3.04. The van der Waals surface area contributed by atoms with Crippen molar-refractivity contribution < 1.29 is 4.74 Å². The fourth-order valence-corrected chi connectivity index (χ4v) is 3.01. The van der Waals surface area contributed by atoms with Gasteiger partial charge < -0.3 is 10.5 Å². The van der Waals surface area contributed by atoms with E-state index in [1.54, 1.807) is 11.3 Å². The SMILES string of the molecule is NCCCc1nc(-c2ccc3c(c2)CCO3)cs1. The molecule has 0 unspecified atom stereocenters. The summed E-state index contributed by atoms with van der Waals surface area (Å²) in [6.45, 7) is 1.53. The molecule has 94 valence electrons. The molecular weight excluding hydrogens is 244 g/mol. The highest BCUT2D eigenvalue weighted by atomic mass is 32.1. The lowest BCUT2D eigenvalue weighted by molar-refractivity contribution is 0.357. The average molecular weight is 260 g/mol. The summed E-state index contributed by atoms with van der Waals surface area (Å²) >= 11 is 1.72. The summed E-state index contributed by atoms with van der Waals surface area (Å²) in [6.07, 6.45) is 2.99. The normalized spacial score (nSPS) is 13.4. The highest BCUT2D eigenvalue weighted by molar-refractivity contribution is 7.09. The Morgan fingerprint density at radius 1 is 1.39 bits per heavy atom. The van der Waals surface area contributed by atoms with Crippen molar-refractivity contribution in [3.63, 3.8) is 0 Å². The van der Waals surface area contributed by atoms with E-state index in [0.717, 1.165) is 43.9 Å². The lowest BCUT2D eigenvalue weighted by atomic mass is 10.1. The van der Waals surface area contributed by atoms with Gasteiger partial charge in [0.1, 0.15) is 5.75 Å². The van der Waals surface area contributed by atoms with Gasteiger partial charge >= 0.3 is 0 Å². The lowest BCUT2D eigenvalue weighted by Gasteiger charge is -2.01. The monoisotopic (exact) mass is 260 g/mol. The maximum Gasteiger partial charge on any atom is 0.122 e. The molecule has 0 bridgehead atoms. The minimum Gasteiger partial charge on any atom is -0.493 e. The molecule has 1 aliphatic rings. The predicted octanol–water partition coefficient (Wildman–Crippen LogP) is 2.64. The number of rotatable bonds is 4. The summed E-state index contributed by atoms with van der Waals surface area (Å²) in [6, 6.07) is 6.34. The molecule has 1 aliphatic heterocycles. The molecule has 0 spiro atoms. The van der Waals surface area contributed by atoms with Crippen LogP contribution in [0.2, 0.25) is 0 Å². The number of ether oxygens (including phenoxy) is 1. The number of hydrogen-bond acceptors (Lipinski definition) is 4. The Bertz CT molecular complexity index is 550. The Kier molecular flexibility index (Phi) is 3.30. The maximum atomic E-state index is 5.52. The molecule has 2 heterocycles. The topological polar surface area (TPSA) is 48.1 Å². The van der Waals surface area contributed by atoms with E-state index < -0.39 is 0 Å². The van der Waals surface area contributed by atoms with Crippen molar-refractivity contribution in [1.82, 2.24) is 4.98 Å². The molecule has 2 aromatic rings. The van der Waals surface area contributed by atoms with Gasteiger partial charge in [-0.05, 0) is 36.7 Å². The van der Waals surface area contributed by atoms with E-state index in [1.807, 2.05) is 0 Å². The van der Waals surface area contributed by atoms with E-state index in [4.69, 9.17) is 10.5 Å². The molecule has 3 nitrogen and oxygen atoms in total. The molecule has 0 radical (unpaired) electrons. The predicted molar refractivity (Wildman–Crippen MR) is 74.1 cm³/mol. The zero-order valence-electron chi connectivity index (χ0n) is 10.2. The third kappa shape index (κ3) is 2.26. The van der Waals surface area contributed by atoms with E-state index in [-0.39, 0.29) is 0 Å². The summed E-state index contributed by atoms with van der Waals surface area (Å²) in [5.41, 5.74) is 9.07. The van der Waals surface area contributed by atoms with Crippen LogP contribution in [-0.2, 0) is 12.8 Å². The number of aromatic nitrogens is 1. The smallest absolute Gasteiger partial charge is 0.122 e. The Labute approximate surface area is 111 Å². The molecule has 3 rings (SSSR count). The first kappa shape index (κ1) is 11.7. The van der Waals surface area contributed by atoms with Crippen LogP contribution in [0.3, 0.4) is 0 Å². The molecule has 18 heavy (non-hydrogen) atoms. The molecule has 0 saturated carbocycles. The van der Waals surface area contributed by atoms with Crippen LogP contribution < -0.4 is 10.5 Å². The van der Waals surface area contributed by atoms with E-state index in [2.05, 4.69) is 28.6 Å². The summed E-state index contributed by atoms with van der Waals surface area (Å²) in [5, 5.41) is 3.30. The largest absolute Gasteiger partial charge is 0.493 e. The molecule has 2 N–H and O–H groups in total. The summed E-state index contributed by atoms with van der Waals surface area (Å²) < 4.78 is 5.52. The van der Waals surface area contributed by atoms with Gasteiger partial charge in [-0.1, -0.05) is 0 Å². The van der Waals surface area contributed by atoms with Crippen molar-refractivity contribution in [2.75, 3.05) is 13.2 Å². The fourth-order valence-electron chi connectivity index (χ4n) is 2.16. The van der Waals surface area contributed by atoms with Gasteiger partial charge in [-0.25, -0.2) is 4.98 Å². The zero-order valence-corrected chi connectivity index (χ0v) is 11.0. The fraction of sp³-hybridized carbons (Fsp3) is 0.357. The number of nitrogens with two attached hydrogens (primary N) is 1. The van der Waals surface area contributed by atoms with Crippen molar-refractivity contribution in [3.8, 4) is 17.0 Å². The molecule has 0 aliphatic carbocycles. The van der Waals surface area contributed by atoms with Gasteiger partial charge in [-0.15, -0.1) is 11.3 Å². The van der Waals surface area contributed by atoms with Crippen LogP contribution in [0.1, 0.15) is 17.0 Å². The Balaban J connectivity index is 1.83. The molecule has 1 aromatic heterocycles. The minimum absolute atomic E-state index is 0.727. The summed E-state index contributed by atoms with van der Waals surface area (Å²) in [4.78, 5) is 4.67. The van der Waals surface area contributed by atoms with Gasteiger partial charge in [-0.2, -0.15) is 0 Å². The second-order valence-electron chi connectivity index (χ2n) is 4.44. The third-order valence-electron chi connectivity index (χ3n) is 3.13. The maximum absolute atomic E-state index is 5.52. The number of fused-ring (bicyclic) bond motifs is 1. The van der Waals surface area contributed by atoms with Crippen molar-refractivity contribution in [2.45, 2.75) is 19.3 Å². The van der Waals surface area contributed by atoms with Crippen molar-refractivity contribution in [3.05, 3.63) is 34.2 Å². The van der Waals surface area contributed by atoms with Crippen LogP contribution in [0.25, 0.3) is 11.3 Å². The molecule has 0 saturated heterocycles. The quantitative estimate of drug-likeness (QED) is 0.919. The van der Waals surface area contributed by atoms with E-state index in [9.17, 15) is 0 Å². The molecular formula is C14H16N2OS. The minimum atomic E-state index is 0.727. The van der Waals surface area contributed by atoms with Crippen molar-refractivity contribution >= 4 is 11.3 Å². The lowest BCUT2D eigenvalue weighted by Crippen LogP contribution is -1.99. The molecule has 0 fully saturated rings. The third-order valence-corrected chi connectivity index (χ3v) is 4.04. The van der Waals surface area contributed by atoms with Crippen LogP contribution in [0.15, 0.2) is 23.6 Å². The zero-order chi connectivity index (χ0) is 12.4. The van der Waals surface area contributed by atoms with Gasteiger partial charge in [0, 0.05) is 23.8 Å². The van der Waals surface area contributed by atoms with E-state index in [1.165, 1.54) is 16.1 Å². The van der Waals surface area contributed by atoms with Crippen LogP contribution >= 0.6 is 11.3 Å². The van der Waals surface area contributed by atoms with Gasteiger partial charge in [0.05, 0.1) is 17.3 Å².